The molecule has 2 amide bonds. The van der Waals surface area contributed by atoms with Crippen LogP contribution in [0.15, 0.2) is 24.3 Å². The molecule has 1 aromatic carbocycles. The highest BCUT2D eigenvalue weighted by molar-refractivity contribution is 5.89. The molecule has 1 aliphatic rings. The molecule has 1 unspecified atom stereocenters. The summed E-state index contributed by atoms with van der Waals surface area (Å²) in [4.78, 5) is 22.0. The van der Waals surface area contributed by atoms with Gasteiger partial charge in [-0.2, -0.15) is 0 Å². The SMILES string of the molecule is NCC(NC(=O)Nc1ccc([N+](=O)[O-])cc1)C1CCCC1. The summed E-state index contributed by atoms with van der Waals surface area (Å²) in [7, 11) is 0. The average Bonchev–Trinajstić information content (AvgIpc) is 2.99. The van der Waals surface area contributed by atoms with Crippen molar-refractivity contribution in [2.45, 2.75) is 31.7 Å². The van der Waals surface area contributed by atoms with Gasteiger partial charge in [-0.15, -0.1) is 0 Å². The number of hydrogen-bond donors (Lipinski definition) is 3. The number of anilines is 1. The second-order valence-corrected chi connectivity index (χ2v) is 5.29. The summed E-state index contributed by atoms with van der Waals surface area (Å²) in [6, 6.07) is 5.37. The lowest BCUT2D eigenvalue weighted by Crippen LogP contribution is -2.46. The first-order valence-electron chi connectivity index (χ1n) is 7.12. The van der Waals surface area contributed by atoms with Crippen LogP contribution in [0, 0.1) is 16.0 Å². The molecule has 1 aromatic rings. The molecule has 21 heavy (non-hydrogen) atoms. The molecule has 1 saturated carbocycles. The number of rotatable bonds is 5. The summed E-state index contributed by atoms with van der Waals surface area (Å²) in [6.45, 7) is 0.415. The van der Waals surface area contributed by atoms with Crippen molar-refractivity contribution in [3.05, 3.63) is 34.4 Å². The van der Waals surface area contributed by atoms with Gasteiger partial charge in [-0.3, -0.25) is 10.1 Å². The maximum atomic E-state index is 11.9. The molecule has 0 spiro atoms. The second-order valence-electron chi connectivity index (χ2n) is 5.29. The van der Waals surface area contributed by atoms with Gasteiger partial charge in [-0.1, -0.05) is 12.8 Å². The van der Waals surface area contributed by atoms with Gasteiger partial charge in [0.1, 0.15) is 0 Å². The van der Waals surface area contributed by atoms with Gasteiger partial charge in [0.2, 0.25) is 0 Å². The highest BCUT2D eigenvalue weighted by atomic mass is 16.6. The number of non-ortho nitro benzene ring substituents is 1. The Labute approximate surface area is 123 Å². The normalized spacial score (nSPS) is 16.4. The number of carbonyl (C=O) groups excluding carboxylic acids is 1. The van der Waals surface area contributed by atoms with Crippen molar-refractivity contribution in [3.8, 4) is 0 Å². The molecule has 1 aliphatic carbocycles. The standard InChI is InChI=1S/C14H20N4O3/c15-9-13(10-3-1-2-4-10)17-14(19)16-11-5-7-12(8-6-11)18(20)21/h5-8,10,13H,1-4,9,15H2,(H2,16,17,19). The lowest BCUT2D eigenvalue weighted by Gasteiger charge is -2.23. The Kier molecular flexibility index (Phi) is 5.10. The van der Waals surface area contributed by atoms with E-state index in [-0.39, 0.29) is 17.8 Å². The van der Waals surface area contributed by atoms with E-state index in [1.54, 1.807) is 0 Å². The number of carbonyl (C=O) groups is 1. The number of hydrogen-bond acceptors (Lipinski definition) is 4. The summed E-state index contributed by atoms with van der Waals surface area (Å²) in [5.74, 6) is 0.442. The molecule has 0 heterocycles. The van der Waals surface area contributed by atoms with Gasteiger partial charge >= 0.3 is 6.03 Å². The van der Waals surface area contributed by atoms with Crippen molar-refractivity contribution in [3.63, 3.8) is 0 Å². The van der Waals surface area contributed by atoms with E-state index in [4.69, 9.17) is 5.73 Å². The number of urea groups is 1. The van der Waals surface area contributed by atoms with Crippen LogP contribution in [0.3, 0.4) is 0 Å². The van der Waals surface area contributed by atoms with Crippen LogP contribution in [0.2, 0.25) is 0 Å². The summed E-state index contributed by atoms with van der Waals surface area (Å²) in [5, 5.41) is 16.1. The molecule has 1 fully saturated rings. The summed E-state index contributed by atoms with van der Waals surface area (Å²) in [5.41, 5.74) is 6.24. The number of nitro groups is 1. The molecular formula is C14H20N4O3. The van der Waals surface area contributed by atoms with Gasteiger partial charge in [0.15, 0.2) is 0 Å². The predicted molar refractivity (Wildman–Crippen MR) is 80.1 cm³/mol. The Morgan fingerprint density at radius 3 is 2.48 bits per heavy atom. The van der Waals surface area contributed by atoms with Gasteiger partial charge in [0.25, 0.3) is 5.69 Å². The first-order chi connectivity index (χ1) is 10.1. The number of nitrogens with zero attached hydrogens (tertiary/aromatic N) is 1. The van der Waals surface area contributed by atoms with Crippen LogP contribution in [0.5, 0.6) is 0 Å². The average molecular weight is 292 g/mol. The van der Waals surface area contributed by atoms with Gasteiger partial charge in [0.05, 0.1) is 4.92 Å². The largest absolute Gasteiger partial charge is 0.334 e. The van der Waals surface area contributed by atoms with Crippen molar-refractivity contribution < 1.29 is 9.72 Å². The fourth-order valence-corrected chi connectivity index (χ4v) is 2.73. The summed E-state index contributed by atoms with van der Waals surface area (Å²) < 4.78 is 0. The number of nitrogens with one attached hydrogen (secondary N) is 2. The third-order valence-corrected chi connectivity index (χ3v) is 3.88. The minimum Gasteiger partial charge on any atom is -0.334 e. The van der Waals surface area contributed by atoms with Crippen LogP contribution < -0.4 is 16.4 Å². The molecule has 7 nitrogen and oxygen atoms in total. The van der Waals surface area contributed by atoms with E-state index in [1.165, 1.54) is 37.1 Å². The molecule has 0 aromatic heterocycles. The first-order valence-corrected chi connectivity index (χ1v) is 7.12. The monoisotopic (exact) mass is 292 g/mol. The Morgan fingerprint density at radius 1 is 1.33 bits per heavy atom. The lowest BCUT2D eigenvalue weighted by molar-refractivity contribution is -0.384. The van der Waals surface area contributed by atoms with Crippen LogP contribution in [0.1, 0.15) is 25.7 Å². The minimum atomic E-state index is -0.478. The predicted octanol–water partition coefficient (Wildman–Crippen LogP) is 2.23. The Balaban J connectivity index is 1.89. The van der Waals surface area contributed by atoms with E-state index in [1.807, 2.05) is 0 Å². The molecule has 4 N–H and O–H groups in total. The van der Waals surface area contributed by atoms with Gasteiger partial charge in [-0.25, -0.2) is 4.79 Å². The van der Waals surface area contributed by atoms with Gasteiger partial charge in [0, 0.05) is 30.4 Å². The van der Waals surface area contributed by atoms with E-state index in [2.05, 4.69) is 10.6 Å². The third kappa shape index (κ3) is 4.16. The number of benzene rings is 1. The molecule has 0 radical (unpaired) electrons. The van der Waals surface area contributed by atoms with Gasteiger partial charge in [-0.05, 0) is 30.9 Å². The van der Waals surface area contributed by atoms with Crippen molar-refractivity contribution >= 4 is 17.4 Å². The quantitative estimate of drug-likeness (QED) is 0.571. The van der Waals surface area contributed by atoms with Crippen molar-refractivity contribution in [1.82, 2.24) is 5.32 Å². The Bertz CT molecular complexity index is 497. The Morgan fingerprint density at radius 2 is 1.95 bits per heavy atom. The molecule has 1 atom stereocenters. The van der Waals surface area contributed by atoms with Crippen LogP contribution >= 0.6 is 0 Å². The van der Waals surface area contributed by atoms with Crippen LogP contribution in [0.25, 0.3) is 0 Å². The van der Waals surface area contributed by atoms with Crippen molar-refractivity contribution in [1.29, 1.82) is 0 Å². The van der Waals surface area contributed by atoms with E-state index in [0.29, 0.717) is 18.2 Å². The summed E-state index contributed by atoms with van der Waals surface area (Å²) in [6.07, 6.45) is 4.57. The maximum Gasteiger partial charge on any atom is 0.319 e. The van der Waals surface area contributed by atoms with Crippen molar-refractivity contribution in [2.75, 3.05) is 11.9 Å². The molecule has 2 rings (SSSR count). The summed E-state index contributed by atoms with van der Waals surface area (Å²) >= 11 is 0. The molecule has 114 valence electrons. The fraction of sp³-hybridized carbons (Fsp3) is 0.500. The van der Waals surface area contributed by atoms with Crippen LogP contribution in [0.4, 0.5) is 16.2 Å². The highest BCUT2D eigenvalue weighted by Gasteiger charge is 2.25. The fourth-order valence-electron chi connectivity index (χ4n) is 2.73. The molecular weight excluding hydrogens is 272 g/mol. The molecule has 7 heteroatoms. The topological polar surface area (TPSA) is 110 Å². The minimum absolute atomic E-state index is 0.00764. The zero-order valence-corrected chi connectivity index (χ0v) is 11.7. The maximum absolute atomic E-state index is 11.9. The third-order valence-electron chi connectivity index (χ3n) is 3.88. The van der Waals surface area contributed by atoms with E-state index in [9.17, 15) is 14.9 Å². The molecule has 0 aliphatic heterocycles. The number of nitro benzene ring substituents is 1. The lowest BCUT2D eigenvalue weighted by atomic mass is 9.98. The zero-order valence-electron chi connectivity index (χ0n) is 11.7. The Hall–Kier alpha value is -2.15. The van der Waals surface area contributed by atoms with Gasteiger partial charge < -0.3 is 16.4 Å². The van der Waals surface area contributed by atoms with Crippen LogP contribution in [-0.4, -0.2) is 23.5 Å². The van der Waals surface area contributed by atoms with E-state index in [0.717, 1.165) is 12.8 Å². The van der Waals surface area contributed by atoms with E-state index >= 15 is 0 Å². The zero-order chi connectivity index (χ0) is 15.2. The second kappa shape index (κ2) is 7.03. The molecule has 0 bridgehead atoms. The smallest absolute Gasteiger partial charge is 0.319 e. The van der Waals surface area contributed by atoms with Crippen molar-refractivity contribution in [2.24, 2.45) is 11.7 Å². The van der Waals surface area contributed by atoms with E-state index < -0.39 is 4.92 Å². The first kappa shape index (κ1) is 15.2. The number of amides is 2. The highest BCUT2D eigenvalue weighted by Crippen LogP contribution is 2.27. The molecule has 0 saturated heterocycles. The number of nitrogens with two attached hydrogens (primary N) is 1. The van der Waals surface area contributed by atoms with Crippen LogP contribution in [-0.2, 0) is 0 Å².